The summed E-state index contributed by atoms with van der Waals surface area (Å²) in [5.74, 6) is 0.901. The minimum atomic E-state index is -2.32. The predicted molar refractivity (Wildman–Crippen MR) is 206 cm³/mol. The number of imidazole rings is 1. The fourth-order valence-electron chi connectivity index (χ4n) is 6.68. The molecule has 4 aromatic heterocycles. The zero-order chi connectivity index (χ0) is 38.5. The van der Waals surface area contributed by atoms with Crippen LogP contribution in [0, 0.1) is 45.6 Å². The Hall–Kier alpha value is -4.97. The maximum absolute atomic E-state index is 13.8. The number of halogens is 1. The van der Waals surface area contributed by atoms with Gasteiger partial charge in [0.15, 0.2) is 0 Å². The molecule has 0 spiro atoms. The number of hydrogen-bond donors (Lipinski definition) is 0. The summed E-state index contributed by atoms with van der Waals surface area (Å²) in [6.07, 6.45) is 1.63. The number of furan rings is 1. The van der Waals surface area contributed by atoms with Gasteiger partial charge in [-0.05, 0) is 67.1 Å². The van der Waals surface area contributed by atoms with E-state index in [1.165, 1.54) is 22.9 Å². The zero-order valence-electron chi connectivity index (χ0n) is 33.2. The Bertz CT molecular complexity index is 2640. The zero-order valence-corrected chi connectivity index (χ0v) is 32.6. The Balaban J connectivity index is 0.000000229. The molecular formula is C45H41FIrN4O-2. The Morgan fingerprint density at radius 1 is 0.808 bits per heavy atom. The molecule has 0 N–H and O–H groups in total. The van der Waals surface area contributed by atoms with E-state index < -0.39 is 12.7 Å². The van der Waals surface area contributed by atoms with Gasteiger partial charge >= 0.3 is 0 Å². The number of pyridine rings is 2. The van der Waals surface area contributed by atoms with Gasteiger partial charge < -0.3 is 14.0 Å². The van der Waals surface area contributed by atoms with E-state index in [1.54, 1.807) is 12.3 Å². The molecule has 0 amide bonds. The largest absolute Gasteiger partial charge is 0.501 e. The number of aromatic nitrogens is 4. The van der Waals surface area contributed by atoms with Crippen molar-refractivity contribution in [2.75, 3.05) is 0 Å². The summed E-state index contributed by atoms with van der Waals surface area (Å²) in [4.78, 5) is 14.1. The fourth-order valence-corrected chi connectivity index (χ4v) is 6.68. The van der Waals surface area contributed by atoms with Crippen molar-refractivity contribution in [2.45, 2.75) is 67.2 Å². The van der Waals surface area contributed by atoms with Crippen LogP contribution < -0.4 is 0 Å². The molecule has 8 aromatic rings. The van der Waals surface area contributed by atoms with Crippen LogP contribution in [-0.4, -0.2) is 19.5 Å². The summed E-state index contributed by atoms with van der Waals surface area (Å²) in [7, 11) is 0. The Kier molecular flexibility index (Phi) is 9.46. The van der Waals surface area contributed by atoms with E-state index in [0.29, 0.717) is 17.5 Å². The maximum atomic E-state index is 13.8. The average molecular weight is 868 g/mol. The second-order valence-corrected chi connectivity index (χ2v) is 13.6. The molecule has 0 atom stereocenters. The Morgan fingerprint density at radius 2 is 1.56 bits per heavy atom. The predicted octanol–water partition coefficient (Wildman–Crippen LogP) is 12.0. The first kappa shape index (κ1) is 32.9. The quantitative estimate of drug-likeness (QED) is 0.162. The van der Waals surface area contributed by atoms with Crippen molar-refractivity contribution in [3.63, 3.8) is 0 Å². The summed E-state index contributed by atoms with van der Waals surface area (Å²) in [6, 6.07) is 33.0. The second kappa shape index (κ2) is 14.9. The summed E-state index contributed by atoms with van der Waals surface area (Å²) in [6.45, 7) is 12.7. The topological polar surface area (TPSA) is 56.7 Å². The van der Waals surface area contributed by atoms with Crippen LogP contribution in [0.15, 0.2) is 95.5 Å². The number of fused-ring (bicyclic) bond motifs is 4. The van der Waals surface area contributed by atoms with Crippen molar-refractivity contribution < 1.29 is 33.0 Å². The molecule has 1 radical (unpaired) electrons. The molecule has 4 heterocycles. The van der Waals surface area contributed by atoms with Crippen molar-refractivity contribution in [2.24, 2.45) is 0 Å². The average Bonchev–Trinajstić information content (AvgIpc) is 3.70. The first-order valence-corrected chi connectivity index (χ1v) is 17.2. The normalized spacial score (nSPS) is 12.5. The molecule has 265 valence electrons. The Labute approximate surface area is 322 Å². The van der Waals surface area contributed by atoms with Gasteiger partial charge in [0.1, 0.15) is 5.58 Å². The molecule has 0 aliphatic heterocycles. The number of benzene rings is 4. The van der Waals surface area contributed by atoms with Gasteiger partial charge in [0, 0.05) is 53.0 Å². The SMILES string of the molecule is Cc1cc2c(nc(-c3[c-]ccc4c3oc3ccccc34)n2-c2c(C(C)C)cccc2C(C)C)c(C)n1.[2H]C([2H])([2H])c1c[c-]c(-c2ccc(C)cn2)c(F)c1.[Ir]. The third-order valence-corrected chi connectivity index (χ3v) is 9.13. The number of nitrogens with zero attached hydrogens (tertiary/aromatic N) is 4. The van der Waals surface area contributed by atoms with E-state index in [0.717, 1.165) is 67.4 Å². The van der Waals surface area contributed by atoms with Crippen LogP contribution in [0.5, 0.6) is 0 Å². The van der Waals surface area contributed by atoms with E-state index in [-0.39, 0.29) is 31.2 Å². The molecule has 0 saturated carbocycles. The number of hydrogen-bond acceptors (Lipinski definition) is 4. The van der Waals surface area contributed by atoms with E-state index in [9.17, 15) is 4.39 Å². The van der Waals surface area contributed by atoms with Crippen LogP contribution in [0.1, 0.15) is 77.3 Å². The van der Waals surface area contributed by atoms with E-state index in [4.69, 9.17) is 18.5 Å². The van der Waals surface area contributed by atoms with Crippen molar-refractivity contribution >= 4 is 33.0 Å². The minimum Gasteiger partial charge on any atom is -0.501 e. The van der Waals surface area contributed by atoms with Gasteiger partial charge in [-0.1, -0.05) is 99.6 Å². The molecule has 0 unspecified atom stereocenters. The van der Waals surface area contributed by atoms with Crippen LogP contribution in [0.2, 0.25) is 0 Å². The number of rotatable bonds is 5. The van der Waals surface area contributed by atoms with E-state index >= 15 is 0 Å². The van der Waals surface area contributed by atoms with Crippen LogP contribution in [0.3, 0.4) is 0 Å². The van der Waals surface area contributed by atoms with E-state index in [2.05, 4.69) is 91.8 Å². The van der Waals surface area contributed by atoms with Crippen molar-refractivity contribution in [3.05, 3.63) is 143 Å². The third-order valence-electron chi connectivity index (χ3n) is 9.13. The molecule has 5 nitrogen and oxygen atoms in total. The molecule has 0 aliphatic rings. The van der Waals surface area contributed by atoms with Crippen molar-refractivity contribution in [1.29, 1.82) is 0 Å². The van der Waals surface area contributed by atoms with Crippen molar-refractivity contribution in [1.82, 2.24) is 19.5 Å². The summed E-state index contributed by atoms with van der Waals surface area (Å²) in [5.41, 5.74) is 11.7. The molecular weight excluding hydrogens is 824 g/mol. The molecule has 4 aromatic carbocycles. The summed E-state index contributed by atoms with van der Waals surface area (Å²) >= 11 is 0. The van der Waals surface area contributed by atoms with Gasteiger partial charge in [-0.2, -0.15) is 0 Å². The van der Waals surface area contributed by atoms with Gasteiger partial charge in [0.25, 0.3) is 0 Å². The Morgan fingerprint density at radius 3 is 2.23 bits per heavy atom. The first-order chi connectivity index (χ1) is 25.7. The van der Waals surface area contributed by atoms with Gasteiger partial charge in [-0.25, -0.2) is 0 Å². The van der Waals surface area contributed by atoms with Gasteiger partial charge in [-0.3, -0.25) is 14.4 Å². The van der Waals surface area contributed by atoms with Crippen LogP contribution in [0.4, 0.5) is 4.39 Å². The first-order valence-electron chi connectivity index (χ1n) is 18.7. The van der Waals surface area contributed by atoms with Gasteiger partial charge in [0.05, 0.1) is 28.1 Å². The smallest absolute Gasteiger partial charge is 0.120 e. The fraction of sp³-hybridized carbons (Fsp3) is 0.222. The van der Waals surface area contributed by atoms with Crippen LogP contribution in [0.25, 0.3) is 61.3 Å². The second-order valence-electron chi connectivity index (χ2n) is 13.6. The molecule has 8 rings (SSSR count). The number of para-hydroxylation sites is 2. The van der Waals surface area contributed by atoms with E-state index in [1.807, 2.05) is 45.0 Å². The summed E-state index contributed by atoms with van der Waals surface area (Å²) < 4.78 is 44.2. The monoisotopic (exact) mass is 868 g/mol. The minimum absolute atomic E-state index is 0. The van der Waals surface area contributed by atoms with Gasteiger partial charge in [-0.15, -0.1) is 42.0 Å². The van der Waals surface area contributed by atoms with Crippen LogP contribution >= 0.6 is 0 Å². The molecule has 0 aliphatic carbocycles. The molecule has 0 fully saturated rings. The molecule has 0 bridgehead atoms. The standard InChI is InChI=1S/C32H30N3O.C13H11FN.Ir/c1-18(2)22-12-9-13-23(19(3)4)30(22)35-27-17-20(5)33-21(6)29(27)34-32(35)26-15-10-14-25-24-11-7-8-16-28(24)36-31(25)26;1-9-3-5-11(12(14)7-9)13-6-4-10(2)8-15-13;/h7-14,16-19H,1-6H3;3-4,6-8H,1-2H3;/q2*-1;/i;1D3;. The molecule has 52 heavy (non-hydrogen) atoms. The number of aryl methyl sites for hydroxylation is 4. The summed E-state index contributed by atoms with van der Waals surface area (Å²) in [5, 5.41) is 2.18. The molecule has 0 saturated heterocycles. The third kappa shape index (κ3) is 6.83. The van der Waals surface area contributed by atoms with Crippen LogP contribution in [-0.2, 0) is 20.1 Å². The molecule has 7 heteroatoms. The van der Waals surface area contributed by atoms with Crippen molar-refractivity contribution in [3.8, 4) is 28.3 Å². The maximum Gasteiger partial charge on any atom is 0.120 e. The van der Waals surface area contributed by atoms with Gasteiger partial charge in [0.2, 0.25) is 0 Å².